The lowest BCUT2D eigenvalue weighted by molar-refractivity contribution is -0.139. The van der Waals surface area contributed by atoms with Crippen LogP contribution in [-0.2, 0) is 9.53 Å². The van der Waals surface area contributed by atoms with E-state index in [1.807, 2.05) is 0 Å². The van der Waals surface area contributed by atoms with Crippen molar-refractivity contribution in [1.82, 2.24) is 15.0 Å². The van der Waals surface area contributed by atoms with Gasteiger partial charge in [-0.2, -0.15) is 13.2 Å². The average molecular weight is 489 g/mol. The Labute approximate surface area is 198 Å². The molecule has 2 N–H and O–H groups in total. The number of nitrogens with one attached hydrogen (secondary N) is 2. The summed E-state index contributed by atoms with van der Waals surface area (Å²) in [6, 6.07) is 11.1. The first kappa shape index (κ1) is 25.3. The number of halogens is 3. The summed E-state index contributed by atoms with van der Waals surface area (Å²) < 4.78 is 57.4. The van der Waals surface area contributed by atoms with E-state index in [0.717, 1.165) is 5.56 Å². The minimum Gasteiger partial charge on any atom is -0.493 e. The largest absolute Gasteiger partial charge is 0.493 e. The third kappa shape index (κ3) is 5.78. The smallest absolute Gasteiger partial charge is 0.432 e. The topological polar surface area (TPSA) is 111 Å². The Morgan fingerprint density at radius 3 is 2.37 bits per heavy atom. The Bertz CT molecular complexity index is 1240. The number of rotatable bonds is 9. The quantitative estimate of drug-likeness (QED) is 0.260. The van der Waals surface area contributed by atoms with Crippen LogP contribution < -0.4 is 14.8 Å². The van der Waals surface area contributed by atoms with Gasteiger partial charge < -0.3 is 24.9 Å². The van der Waals surface area contributed by atoms with Crippen LogP contribution in [0, 0.1) is 5.41 Å². The van der Waals surface area contributed by atoms with Crippen molar-refractivity contribution in [1.29, 1.82) is 5.41 Å². The van der Waals surface area contributed by atoms with E-state index in [-0.39, 0.29) is 12.3 Å². The number of alkyl halides is 3. The predicted octanol–water partition coefficient (Wildman–Crippen LogP) is 4.39. The summed E-state index contributed by atoms with van der Waals surface area (Å²) in [5.41, 5.74) is -0.477. The number of esters is 1. The standard InChI is InChI=1S/C23H22F3N5O4/c1-4-35-22(32)17(12-27)21(23(24,25)26)28-15-6-8-16(9-7-15)31-13-18(29-30-31)14-5-10-19(33-2)20(11-14)34-3/h5-13,27-28H,4H2,1-3H3/b21-17+,27-12?. The second-order valence-electron chi connectivity index (χ2n) is 6.94. The molecule has 0 saturated heterocycles. The first-order valence-corrected chi connectivity index (χ1v) is 10.2. The van der Waals surface area contributed by atoms with E-state index < -0.39 is 23.4 Å². The van der Waals surface area contributed by atoms with Gasteiger partial charge in [0.05, 0.1) is 32.7 Å². The Morgan fingerprint density at radius 1 is 1.11 bits per heavy atom. The molecule has 0 spiro atoms. The van der Waals surface area contributed by atoms with Crippen LogP contribution in [0.25, 0.3) is 16.9 Å². The number of benzene rings is 2. The number of hydrogen-bond donors (Lipinski definition) is 2. The number of hydrogen-bond acceptors (Lipinski definition) is 8. The van der Waals surface area contributed by atoms with E-state index in [1.54, 1.807) is 24.4 Å². The summed E-state index contributed by atoms with van der Waals surface area (Å²) in [4.78, 5) is 11.9. The van der Waals surface area contributed by atoms with Crippen molar-refractivity contribution in [3.63, 3.8) is 0 Å². The molecule has 35 heavy (non-hydrogen) atoms. The lowest BCUT2D eigenvalue weighted by Crippen LogP contribution is -2.25. The van der Waals surface area contributed by atoms with Gasteiger partial charge in [0.15, 0.2) is 11.5 Å². The Morgan fingerprint density at radius 2 is 1.80 bits per heavy atom. The second-order valence-corrected chi connectivity index (χ2v) is 6.94. The third-order valence-corrected chi connectivity index (χ3v) is 4.77. The highest BCUT2D eigenvalue weighted by Gasteiger charge is 2.38. The fraction of sp³-hybridized carbons (Fsp3) is 0.217. The first-order valence-electron chi connectivity index (χ1n) is 10.2. The number of allylic oxidation sites excluding steroid dienone is 1. The molecule has 0 amide bonds. The number of carbonyl (C=O) groups excluding carboxylic acids is 1. The molecule has 1 aromatic heterocycles. The predicted molar refractivity (Wildman–Crippen MR) is 122 cm³/mol. The van der Waals surface area contributed by atoms with Crippen molar-refractivity contribution in [2.75, 3.05) is 26.1 Å². The van der Waals surface area contributed by atoms with Crippen molar-refractivity contribution in [3.8, 4) is 28.4 Å². The van der Waals surface area contributed by atoms with Gasteiger partial charge in [-0.3, -0.25) is 0 Å². The number of ether oxygens (including phenoxy) is 3. The third-order valence-electron chi connectivity index (χ3n) is 4.77. The van der Waals surface area contributed by atoms with Gasteiger partial charge in [-0.1, -0.05) is 5.21 Å². The van der Waals surface area contributed by atoms with Crippen LogP contribution in [-0.4, -0.2) is 54.2 Å². The fourth-order valence-corrected chi connectivity index (χ4v) is 3.09. The zero-order valence-electron chi connectivity index (χ0n) is 19.0. The van der Waals surface area contributed by atoms with E-state index in [1.165, 1.54) is 50.1 Å². The van der Waals surface area contributed by atoms with Gasteiger partial charge in [0, 0.05) is 17.5 Å². The van der Waals surface area contributed by atoms with E-state index in [4.69, 9.17) is 14.9 Å². The number of anilines is 1. The van der Waals surface area contributed by atoms with Crippen LogP contribution in [0.4, 0.5) is 18.9 Å². The lowest BCUT2D eigenvalue weighted by atomic mass is 10.1. The molecule has 0 atom stereocenters. The molecule has 0 aliphatic rings. The maximum atomic E-state index is 13.6. The molecule has 0 aliphatic heterocycles. The number of aromatic nitrogens is 3. The summed E-state index contributed by atoms with van der Waals surface area (Å²) in [5.74, 6) is -0.159. The number of nitrogens with zero attached hydrogens (tertiary/aromatic N) is 3. The zero-order valence-corrected chi connectivity index (χ0v) is 19.0. The molecule has 0 saturated carbocycles. The summed E-state index contributed by atoms with van der Waals surface area (Å²) >= 11 is 0. The molecule has 12 heteroatoms. The van der Waals surface area contributed by atoms with Gasteiger partial charge in [-0.05, 0) is 49.4 Å². The van der Waals surface area contributed by atoms with E-state index in [2.05, 4.69) is 20.4 Å². The highest BCUT2D eigenvalue weighted by Crippen LogP contribution is 2.32. The van der Waals surface area contributed by atoms with Gasteiger partial charge in [-0.15, -0.1) is 5.10 Å². The molecule has 2 aromatic carbocycles. The van der Waals surface area contributed by atoms with Gasteiger partial charge in [0.1, 0.15) is 17.0 Å². The minimum atomic E-state index is -4.92. The van der Waals surface area contributed by atoms with E-state index in [9.17, 15) is 18.0 Å². The molecule has 0 fully saturated rings. The lowest BCUT2D eigenvalue weighted by Gasteiger charge is -2.17. The van der Waals surface area contributed by atoms with Crippen molar-refractivity contribution < 1.29 is 32.2 Å². The van der Waals surface area contributed by atoms with Crippen LogP contribution in [0.15, 0.2) is 59.9 Å². The normalized spacial score (nSPS) is 11.9. The van der Waals surface area contributed by atoms with Crippen LogP contribution >= 0.6 is 0 Å². The fourth-order valence-electron chi connectivity index (χ4n) is 3.09. The molecule has 0 radical (unpaired) electrons. The Kier molecular flexibility index (Phi) is 7.74. The highest BCUT2D eigenvalue weighted by atomic mass is 19.4. The summed E-state index contributed by atoms with van der Waals surface area (Å²) in [7, 11) is 3.05. The van der Waals surface area contributed by atoms with Gasteiger partial charge in [0.2, 0.25) is 0 Å². The molecule has 9 nitrogen and oxygen atoms in total. The zero-order chi connectivity index (χ0) is 25.6. The summed E-state index contributed by atoms with van der Waals surface area (Å²) in [6.45, 7) is 1.33. The van der Waals surface area contributed by atoms with Crippen LogP contribution in [0.1, 0.15) is 6.92 Å². The van der Waals surface area contributed by atoms with Crippen molar-refractivity contribution in [3.05, 3.63) is 59.9 Å². The molecule has 1 heterocycles. The van der Waals surface area contributed by atoms with Crippen LogP contribution in [0.3, 0.4) is 0 Å². The molecule has 0 bridgehead atoms. The van der Waals surface area contributed by atoms with E-state index in [0.29, 0.717) is 29.1 Å². The van der Waals surface area contributed by atoms with Crippen LogP contribution in [0.2, 0.25) is 0 Å². The highest BCUT2D eigenvalue weighted by molar-refractivity contribution is 6.09. The maximum Gasteiger partial charge on any atom is 0.432 e. The monoisotopic (exact) mass is 489 g/mol. The summed E-state index contributed by atoms with van der Waals surface area (Å²) in [5, 5.41) is 17.6. The molecular weight excluding hydrogens is 467 g/mol. The molecule has 3 aromatic rings. The summed E-state index contributed by atoms with van der Waals surface area (Å²) in [6.07, 6.45) is -2.95. The van der Waals surface area contributed by atoms with Gasteiger partial charge in [0.25, 0.3) is 0 Å². The van der Waals surface area contributed by atoms with Crippen molar-refractivity contribution in [2.24, 2.45) is 0 Å². The molecule has 3 rings (SSSR count). The van der Waals surface area contributed by atoms with Crippen molar-refractivity contribution in [2.45, 2.75) is 13.1 Å². The minimum absolute atomic E-state index is 0.0463. The average Bonchev–Trinajstić information content (AvgIpc) is 3.34. The Hall–Kier alpha value is -4.35. The first-order chi connectivity index (χ1) is 16.7. The molecule has 184 valence electrons. The number of carbonyl (C=O) groups is 1. The SMILES string of the molecule is CCOC(=O)/C(C=N)=C(/Nc1ccc(-n2cc(-c3ccc(OC)c(OC)c3)nn2)cc1)C(F)(F)F. The molecule has 0 aliphatic carbocycles. The van der Waals surface area contributed by atoms with Crippen molar-refractivity contribution >= 4 is 17.9 Å². The Balaban J connectivity index is 1.86. The van der Waals surface area contributed by atoms with Crippen LogP contribution in [0.5, 0.6) is 11.5 Å². The molecule has 0 unspecified atom stereocenters. The van der Waals surface area contributed by atoms with E-state index >= 15 is 0 Å². The maximum absolute atomic E-state index is 13.6. The number of methoxy groups -OCH3 is 2. The van der Waals surface area contributed by atoms with Gasteiger partial charge in [-0.25, -0.2) is 9.48 Å². The molecular formula is C23H22F3N5O4. The second kappa shape index (κ2) is 10.7. The van der Waals surface area contributed by atoms with Gasteiger partial charge >= 0.3 is 12.1 Å².